The molecule has 0 aliphatic carbocycles. The van der Waals surface area contributed by atoms with Gasteiger partial charge in [-0.25, -0.2) is 4.98 Å². The van der Waals surface area contributed by atoms with E-state index in [9.17, 15) is 0 Å². The maximum atomic E-state index is 8.45. The zero-order valence-corrected chi connectivity index (χ0v) is 35.3. The maximum absolute atomic E-state index is 8.45. The summed E-state index contributed by atoms with van der Waals surface area (Å²) < 4.78 is 59.7. The molecule has 8 aromatic rings. The van der Waals surface area contributed by atoms with Crippen LogP contribution in [0.3, 0.4) is 0 Å². The number of hydrogen-bond donors (Lipinski definition) is 0. The highest BCUT2D eigenvalue weighted by atomic mass is 16.5. The van der Waals surface area contributed by atoms with Gasteiger partial charge >= 0.3 is 6.85 Å². The van der Waals surface area contributed by atoms with Crippen LogP contribution in [0.25, 0.3) is 38.9 Å². The van der Waals surface area contributed by atoms with Crippen molar-refractivity contribution in [1.82, 2.24) is 14.4 Å². The number of ether oxygens (including phenoxy) is 1. The van der Waals surface area contributed by atoms with Gasteiger partial charge in [-0.05, 0) is 120 Å². The number of hydrogen-bond acceptors (Lipinski definition) is 5. The molecule has 3 aliphatic heterocycles. The second-order valence-electron chi connectivity index (χ2n) is 17.3. The summed E-state index contributed by atoms with van der Waals surface area (Å²) in [5, 5.41) is 2.24. The van der Waals surface area contributed by atoms with Crippen LogP contribution < -0.4 is 14.5 Å². The molecule has 5 heterocycles. The first-order chi connectivity index (χ1) is 33.1. The molecule has 0 spiro atoms. The SMILES string of the molecule is [2H]C([2H])([2H])c1cc(C2=C(N3CN(c4cccc(Oc5ccc6c7ccccc7n(-c7cc(C(C)(C)C)ccn7)c6c5)c4)c4ccccc43)C(c3ccccc3)=CB3C=CC=CN32)cc(C([2H])([2H])[2H])c1. The van der Waals surface area contributed by atoms with Gasteiger partial charge in [-0.2, -0.15) is 0 Å². The number of aromatic nitrogens is 2. The van der Waals surface area contributed by atoms with Crippen LogP contribution in [0.4, 0.5) is 17.1 Å². The Labute approximate surface area is 378 Å². The summed E-state index contributed by atoms with van der Waals surface area (Å²) in [6.45, 7) is 1.67. The number of fused-ring (bicyclic) bond motifs is 5. The second-order valence-corrected chi connectivity index (χ2v) is 17.3. The van der Waals surface area contributed by atoms with Gasteiger partial charge in [0.05, 0.1) is 33.8 Å². The smallest absolute Gasteiger partial charge is 0.313 e. The van der Waals surface area contributed by atoms with Crippen LogP contribution in [0.5, 0.6) is 11.5 Å². The average molecular weight is 824 g/mol. The highest BCUT2D eigenvalue weighted by molar-refractivity contribution is 6.70. The van der Waals surface area contributed by atoms with Gasteiger partial charge < -0.3 is 19.3 Å². The molecule has 0 bridgehead atoms. The van der Waals surface area contributed by atoms with Crippen molar-refractivity contribution in [3.63, 3.8) is 0 Å². The molecule has 0 N–H and O–H groups in total. The van der Waals surface area contributed by atoms with Gasteiger partial charge in [-0.15, -0.1) is 0 Å². The van der Waals surface area contributed by atoms with E-state index in [1.807, 2.05) is 73.1 Å². The Kier molecular flexibility index (Phi) is 7.75. The van der Waals surface area contributed by atoms with Gasteiger partial charge in [0.2, 0.25) is 0 Å². The van der Waals surface area contributed by atoms with Gasteiger partial charge in [0.25, 0.3) is 0 Å². The van der Waals surface area contributed by atoms with Crippen molar-refractivity contribution in [1.29, 1.82) is 0 Å². The molecule has 3 aliphatic rings. The van der Waals surface area contributed by atoms with E-state index in [2.05, 4.69) is 137 Å². The molecule has 7 heteroatoms. The summed E-state index contributed by atoms with van der Waals surface area (Å²) in [5.41, 5.74) is 9.82. The summed E-state index contributed by atoms with van der Waals surface area (Å²) in [7, 11) is 0. The third-order valence-corrected chi connectivity index (χ3v) is 12.2. The lowest BCUT2D eigenvalue weighted by atomic mass is 9.55. The molecule has 0 fully saturated rings. The molecule has 0 saturated carbocycles. The Balaban J connectivity index is 1.02. The molecular formula is C56H48BN5O. The molecule has 11 rings (SSSR count). The van der Waals surface area contributed by atoms with Crippen LogP contribution in [-0.2, 0) is 5.41 Å². The molecule has 63 heavy (non-hydrogen) atoms. The largest absolute Gasteiger partial charge is 0.457 e. The van der Waals surface area contributed by atoms with Crippen molar-refractivity contribution >= 4 is 57.0 Å². The minimum absolute atomic E-state index is 0.0332. The molecule has 2 aromatic heterocycles. The van der Waals surface area contributed by atoms with Crippen LogP contribution in [-0.4, -0.2) is 27.9 Å². The first-order valence-corrected chi connectivity index (χ1v) is 21.3. The van der Waals surface area contributed by atoms with E-state index in [-0.39, 0.29) is 23.4 Å². The number of anilines is 3. The maximum Gasteiger partial charge on any atom is 0.313 e. The molecule has 0 saturated heterocycles. The number of para-hydroxylation sites is 3. The van der Waals surface area contributed by atoms with Gasteiger partial charge in [0.15, 0.2) is 0 Å². The summed E-state index contributed by atoms with van der Waals surface area (Å²) >= 11 is 0. The van der Waals surface area contributed by atoms with Crippen molar-refractivity contribution in [2.45, 2.75) is 39.9 Å². The van der Waals surface area contributed by atoms with Gasteiger partial charge in [0.1, 0.15) is 24.0 Å². The number of allylic oxidation sites excluding steroid dienone is 3. The molecule has 6 nitrogen and oxygen atoms in total. The Morgan fingerprint density at radius 1 is 0.635 bits per heavy atom. The van der Waals surface area contributed by atoms with Crippen molar-refractivity contribution in [2.75, 3.05) is 16.5 Å². The fraction of sp³-hybridized carbons (Fsp3) is 0.125. The number of rotatable bonds is 7. The van der Waals surface area contributed by atoms with E-state index in [0.717, 1.165) is 61.5 Å². The highest BCUT2D eigenvalue weighted by Gasteiger charge is 2.38. The highest BCUT2D eigenvalue weighted by Crippen LogP contribution is 2.49. The normalized spacial score (nSPS) is 16.6. The molecule has 0 radical (unpaired) electrons. The summed E-state index contributed by atoms with van der Waals surface area (Å²) in [5.74, 6) is 6.50. The van der Waals surface area contributed by atoms with Gasteiger partial charge in [-0.1, -0.05) is 123 Å². The lowest BCUT2D eigenvalue weighted by Gasteiger charge is -2.40. The monoisotopic (exact) mass is 823 g/mol. The Hall–Kier alpha value is -7.51. The van der Waals surface area contributed by atoms with Crippen molar-refractivity contribution < 1.29 is 13.0 Å². The average Bonchev–Trinajstić information content (AvgIpc) is 3.89. The Morgan fingerprint density at radius 3 is 2.19 bits per heavy atom. The van der Waals surface area contributed by atoms with Crippen molar-refractivity contribution in [2.24, 2.45) is 0 Å². The fourth-order valence-electron chi connectivity index (χ4n) is 9.29. The number of nitrogens with zero attached hydrogens (tertiary/aromatic N) is 5. The number of aryl methyl sites for hydroxylation is 2. The first kappa shape index (κ1) is 32.2. The van der Waals surface area contributed by atoms with Crippen molar-refractivity contribution in [3.8, 4) is 17.3 Å². The number of benzene rings is 6. The van der Waals surface area contributed by atoms with Crippen molar-refractivity contribution in [3.05, 3.63) is 222 Å². The van der Waals surface area contributed by atoms with E-state index >= 15 is 0 Å². The van der Waals surface area contributed by atoms with E-state index in [4.69, 9.17) is 17.9 Å². The first-order valence-electron chi connectivity index (χ1n) is 24.3. The molecule has 0 unspecified atom stereocenters. The quantitative estimate of drug-likeness (QED) is 0.150. The lowest BCUT2D eigenvalue weighted by Crippen LogP contribution is -2.40. The summed E-state index contributed by atoms with van der Waals surface area (Å²) in [6, 6.07) is 49.9. The van der Waals surface area contributed by atoms with Crippen LogP contribution in [0.1, 0.15) is 56.8 Å². The van der Waals surface area contributed by atoms with Crippen LogP contribution in [0.2, 0.25) is 0 Å². The van der Waals surface area contributed by atoms with Crippen LogP contribution in [0.15, 0.2) is 194 Å². The van der Waals surface area contributed by atoms with Gasteiger partial charge in [0, 0.05) is 43.0 Å². The number of pyridine rings is 1. The van der Waals surface area contributed by atoms with E-state index in [1.165, 1.54) is 11.6 Å². The third kappa shape index (κ3) is 6.81. The zero-order chi connectivity index (χ0) is 47.8. The minimum Gasteiger partial charge on any atom is -0.457 e. The Morgan fingerprint density at radius 2 is 1.38 bits per heavy atom. The molecular weight excluding hydrogens is 769 g/mol. The summed E-state index contributed by atoms with van der Waals surface area (Å²) in [6.07, 6.45) is 7.81. The topological polar surface area (TPSA) is 36.8 Å². The van der Waals surface area contributed by atoms with Crippen LogP contribution in [0, 0.1) is 13.7 Å². The second kappa shape index (κ2) is 15.1. The van der Waals surface area contributed by atoms with E-state index in [1.54, 1.807) is 12.1 Å². The molecule has 0 atom stereocenters. The molecule has 6 aromatic carbocycles. The van der Waals surface area contributed by atoms with E-state index in [0.29, 0.717) is 29.4 Å². The standard InChI is InChI=1S/C56H48BN5O/c1-38-30-39(2)32-41(31-38)54-55(48(40-16-7-6-8-17-40)36-57-27-13-14-29-61(54)57)60-37-59(50-22-11-12-23-51(50)60)43-18-15-19-44(34-43)63-45-24-25-47-46-20-9-10-21-49(46)62(52(47)35-45)53-33-42(26-28-58-53)56(3,4)5/h6-36H,37H2,1-5H3/i1D3,2D3. The third-order valence-electron chi connectivity index (χ3n) is 12.2. The Bertz CT molecular complexity index is 3420. The lowest BCUT2D eigenvalue weighted by molar-refractivity contribution is 0.483. The van der Waals surface area contributed by atoms with E-state index < -0.39 is 13.7 Å². The zero-order valence-electron chi connectivity index (χ0n) is 41.3. The van der Waals surface area contributed by atoms with Gasteiger partial charge in [-0.3, -0.25) is 4.57 Å². The molecule has 306 valence electrons. The minimum atomic E-state index is -2.55. The fourth-order valence-corrected chi connectivity index (χ4v) is 9.29. The summed E-state index contributed by atoms with van der Waals surface area (Å²) in [4.78, 5) is 11.5. The van der Waals surface area contributed by atoms with Crippen LogP contribution >= 0.6 is 0 Å². The molecule has 0 amide bonds. The predicted molar refractivity (Wildman–Crippen MR) is 263 cm³/mol. The predicted octanol–water partition coefficient (Wildman–Crippen LogP) is 13.7.